The fourth-order valence-electron chi connectivity index (χ4n) is 5.01. The summed E-state index contributed by atoms with van der Waals surface area (Å²) in [7, 11) is 0.325. The molecule has 5 rings (SSSR count). The Morgan fingerprint density at radius 3 is 2.74 bits per heavy atom. The smallest absolute Gasteiger partial charge is 0.407 e. The van der Waals surface area contributed by atoms with E-state index in [1.165, 1.54) is 13.4 Å². The number of aromatic nitrogens is 3. The summed E-state index contributed by atoms with van der Waals surface area (Å²) < 4.78 is 32.8. The van der Waals surface area contributed by atoms with E-state index in [0.29, 0.717) is 31.1 Å². The predicted molar refractivity (Wildman–Crippen MR) is 160 cm³/mol. The molecule has 1 aliphatic rings. The van der Waals surface area contributed by atoms with Crippen LogP contribution in [0.15, 0.2) is 77.6 Å². The van der Waals surface area contributed by atoms with Gasteiger partial charge in [0.15, 0.2) is 16.7 Å². The summed E-state index contributed by atoms with van der Waals surface area (Å²) in [5.74, 6) is -0.0405. The van der Waals surface area contributed by atoms with Crippen LogP contribution in [0.4, 0.5) is 16.3 Å². The lowest BCUT2D eigenvalue weighted by atomic mass is 9.91. The molecule has 2 amide bonds. The number of carbonyl (C=O) groups excluding carboxylic acids is 2. The minimum atomic E-state index is -2.50. The third-order valence-electron chi connectivity index (χ3n) is 7.13. The molecular formula is C29H33N7O6S. The van der Waals surface area contributed by atoms with Crippen LogP contribution in [0.25, 0.3) is 5.52 Å². The number of rotatable bonds is 10. The van der Waals surface area contributed by atoms with Crippen molar-refractivity contribution in [1.29, 1.82) is 0 Å². The first-order chi connectivity index (χ1) is 20.9. The number of nitrogens with one attached hydrogen (secondary N) is 2. The van der Waals surface area contributed by atoms with E-state index in [0.717, 1.165) is 22.3 Å². The SMILES string of the molecule is COc1cccc(Nc2ncnn3ccc(CN4CC[C@@H](NC(=O)OCc5ccccc5)[C@@H](C(=O)N=[SH](=O)OC)C4)c23)c1. The van der Waals surface area contributed by atoms with Gasteiger partial charge in [0.1, 0.15) is 24.2 Å². The molecule has 2 aromatic carbocycles. The van der Waals surface area contributed by atoms with Gasteiger partial charge in [-0.2, -0.15) is 5.10 Å². The molecule has 1 saturated heterocycles. The first-order valence-corrected chi connectivity index (χ1v) is 14.7. The van der Waals surface area contributed by atoms with E-state index in [2.05, 4.69) is 30.0 Å². The zero-order valence-electron chi connectivity index (χ0n) is 23.8. The summed E-state index contributed by atoms with van der Waals surface area (Å²) in [6, 6.07) is 18.2. The number of anilines is 2. The fourth-order valence-corrected chi connectivity index (χ4v) is 5.40. The van der Waals surface area contributed by atoms with Crippen LogP contribution in [0.2, 0.25) is 0 Å². The quantitative estimate of drug-likeness (QED) is 0.229. The number of nitrogens with zero attached hydrogens (tertiary/aromatic N) is 5. The second-order valence-corrected chi connectivity index (χ2v) is 10.9. The Morgan fingerprint density at radius 1 is 1.12 bits per heavy atom. The number of benzene rings is 2. The molecule has 0 radical (unpaired) electrons. The third-order valence-corrected chi connectivity index (χ3v) is 7.80. The highest BCUT2D eigenvalue weighted by Gasteiger charge is 2.36. The molecule has 1 unspecified atom stereocenters. The van der Waals surface area contributed by atoms with Crippen LogP contribution >= 0.6 is 0 Å². The number of carbonyl (C=O) groups is 2. The minimum Gasteiger partial charge on any atom is -0.497 e. The number of hydrogen-bond acceptors (Lipinski definition) is 10. The molecule has 1 aliphatic heterocycles. The Labute approximate surface area is 250 Å². The Bertz CT molecular complexity index is 1660. The van der Waals surface area contributed by atoms with E-state index in [4.69, 9.17) is 13.7 Å². The van der Waals surface area contributed by atoms with Gasteiger partial charge < -0.3 is 20.1 Å². The molecule has 3 atom stereocenters. The zero-order valence-corrected chi connectivity index (χ0v) is 24.6. The Hall–Kier alpha value is -4.53. The number of likely N-dealkylation sites (tertiary alicyclic amines) is 1. The topological polar surface area (TPSA) is 149 Å². The lowest BCUT2D eigenvalue weighted by Crippen LogP contribution is -2.53. The number of thiol groups is 1. The molecule has 13 nitrogen and oxygen atoms in total. The maximum absolute atomic E-state index is 13.1. The largest absolute Gasteiger partial charge is 0.497 e. The standard InChI is InChI=1S/C29H33N7O6S/c1-40-23-10-6-9-22(15-23)32-27-26-21(11-14-36(26)31-19-30-27)16-35-13-12-25(24(17-35)28(37)34-43(39)41-2)33-29(38)42-18-20-7-4-3-5-8-20/h3-11,14-15,19,24-25,43H,12-13,16-18H2,1-2H3,(H,33,38)(H,30,31,32)/t24-,25+/m0/s1. The summed E-state index contributed by atoms with van der Waals surface area (Å²) in [6.45, 7) is 1.41. The maximum atomic E-state index is 13.1. The Balaban J connectivity index is 1.32. The molecule has 0 aliphatic carbocycles. The summed E-state index contributed by atoms with van der Waals surface area (Å²) >= 11 is 0. The fraction of sp³-hybridized carbons (Fsp3) is 0.310. The monoisotopic (exact) mass is 607 g/mol. The van der Waals surface area contributed by atoms with Crippen LogP contribution in [-0.4, -0.2) is 69.1 Å². The van der Waals surface area contributed by atoms with E-state index in [-0.39, 0.29) is 13.2 Å². The van der Waals surface area contributed by atoms with Gasteiger partial charge in [0.05, 0.1) is 20.1 Å². The van der Waals surface area contributed by atoms with Crippen molar-refractivity contribution in [3.63, 3.8) is 0 Å². The highest BCUT2D eigenvalue weighted by atomic mass is 32.2. The molecule has 0 bridgehead atoms. The lowest BCUT2D eigenvalue weighted by molar-refractivity contribution is -0.124. The average Bonchev–Trinajstić information content (AvgIpc) is 3.44. The van der Waals surface area contributed by atoms with Crippen LogP contribution in [0, 0.1) is 5.92 Å². The molecule has 14 heteroatoms. The van der Waals surface area contributed by atoms with Gasteiger partial charge in [-0.25, -0.2) is 18.5 Å². The summed E-state index contributed by atoms with van der Waals surface area (Å²) in [5.41, 5.74) is 3.37. The maximum Gasteiger partial charge on any atom is 0.407 e. The second kappa shape index (κ2) is 14.1. The van der Waals surface area contributed by atoms with E-state index >= 15 is 0 Å². The molecule has 3 heterocycles. The van der Waals surface area contributed by atoms with Crippen molar-refractivity contribution in [2.24, 2.45) is 10.3 Å². The molecule has 226 valence electrons. The van der Waals surface area contributed by atoms with Crippen molar-refractivity contribution in [1.82, 2.24) is 24.8 Å². The van der Waals surface area contributed by atoms with Crippen molar-refractivity contribution in [2.75, 3.05) is 32.6 Å². The Morgan fingerprint density at radius 2 is 1.95 bits per heavy atom. The van der Waals surface area contributed by atoms with E-state index in [9.17, 15) is 13.8 Å². The molecule has 0 saturated carbocycles. The molecule has 43 heavy (non-hydrogen) atoms. The molecular weight excluding hydrogens is 574 g/mol. The number of amides is 2. The number of piperidine rings is 1. The number of fused-ring (bicyclic) bond motifs is 1. The first kappa shape index (κ1) is 29.9. The van der Waals surface area contributed by atoms with Crippen molar-refractivity contribution in [3.8, 4) is 5.75 Å². The molecule has 1 fully saturated rings. The number of methoxy groups -OCH3 is 1. The van der Waals surface area contributed by atoms with E-state index in [1.807, 2.05) is 66.9 Å². The summed E-state index contributed by atoms with van der Waals surface area (Å²) in [5, 5.41) is 10.5. The van der Waals surface area contributed by atoms with Crippen LogP contribution in [-0.2, 0) is 37.7 Å². The number of hydrogen-bond donors (Lipinski definition) is 3. The minimum absolute atomic E-state index is 0.0972. The van der Waals surface area contributed by atoms with Gasteiger partial charge in [-0.15, -0.1) is 4.36 Å². The van der Waals surface area contributed by atoms with Crippen molar-refractivity contribution in [2.45, 2.75) is 25.6 Å². The van der Waals surface area contributed by atoms with Crippen molar-refractivity contribution < 1.29 is 27.5 Å². The van der Waals surface area contributed by atoms with Crippen LogP contribution in [0.1, 0.15) is 17.5 Å². The van der Waals surface area contributed by atoms with E-state index in [1.54, 1.807) is 11.6 Å². The van der Waals surface area contributed by atoms with Gasteiger partial charge in [-0.1, -0.05) is 36.4 Å². The van der Waals surface area contributed by atoms with Crippen LogP contribution in [0.3, 0.4) is 0 Å². The van der Waals surface area contributed by atoms with Gasteiger partial charge >= 0.3 is 6.09 Å². The highest BCUT2D eigenvalue weighted by molar-refractivity contribution is 7.70. The second-order valence-electron chi connectivity index (χ2n) is 9.90. The Kier molecular flexibility index (Phi) is 9.81. The number of ether oxygens (including phenoxy) is 2. The molecule has 2 aromatic heterocycles. The first-order valence-electron chi connectivity index (χ1n) is 13.6. The zero-order chi connectivity index (χ0) is 30.2. The van der Waals surface area contributed by atoms with E-state index < -0.39 is 34.8 Å². The van der Waals surface area contributed by atoms with Gasteiger partial charge in [0.2, 0.25) is 0 Å². The van der Waals surface area contributed by atoms with Gasteiger partial charge in [0, 0.05) is 43.6 Å². The average molecular weight is 608 g/mol. The summed E-state index contributed by atoms with van der Waals surface area (Å²) in [4.78, 5) is 32.3. The third kappa shape index (κ3) is 7.66. The summed E-state index contributed by atoms with van der Waals surface area (Å²) in [6.07, 6.45) is 3.13. The van der Waals surface area contributed by atoms with Crippen molar-refractivity contribution >= 4 is 39.9 Å². The highest BCUT2D eigenvalue weighted by Crippen LogP contribution is 2.28. The number of alkyl carbamates (subject to hydrolysis) is 1. The molecule has 4 aromatic rings. The molecule has 2 N–H and O–H groups in total. The molecule has 0 spiro atoms. The van der Waals surface area contributed by atoms with Crippen LogP contribution in [0.5, 0.6) is 5.75 Å². The normalized spacial score (nSPS) is 17.8. The lowest BCUT2D eigenvalue weighted by Gasteiger charge is -2.37. The van der Waals surface area contributed by atoms with Crippen molar-refractivity contribution in [3.05, 3.63) is 84.3 Å². The van der Waals surface area contributed by atoms with Gasteiger partial charge in [-0.3, -0.25) is 13.9 Å². The predicted octanol–water partition coefficient (Wildman–Crippen LogP) is 3.35. The van der Waals surface area contributed by atoms with Gasteiger partial charge in [0.25, 0.3) is 5.91 Å². The van der Waals surface area contributed by atoms with Crippen LogP contribution < -0.4 is 15.4 Å². The van der Waals surface area contributed by atoms with Gasteiger partial charge in [-0.05, 0) is 35.7 Å².